The number of likely N-dealkylation sites (tertiary alicyclic amines) is 1. The number of piperidine rings is 1. The molecule has 0 bridgehead atoms. The molecule has 1 unspecified atom stereocenters. The number of carbonyl (C=O) groups excluding carboxylic acids is 2. The molecule has 31 heavy (non-hydrogen) atoms. The van der Waals surface area contributed by atoms with E-state index in [0.717, 1.165) is 47.5 Å². The highest BCUT2D eigenvalue weighted by Crippen LogP contribution is 2.20. The lowest BCUT2D eigenvalue weighted by Gasteiger charge is -2.33. The molecule has 1 aliphatic rings. The highest BCUT2D eigenvalue weighted by Gasteiger charge is 2.30. The second-order valence-corrected chi connectivity index (χ2v) is 10.6. The summed E-state index contributed by atoms with van der Waals surface area (Å²) in [5.41, 5.74) is 1.90. The van der Waals surface area contributed by atoms with Gasteiger partial charge in [-0.1, -0.05) is 32.3 Å². The van der Waals surface area contributed by atoms with Crippen LogP contribution < -0.4 is 5.32 Å². The molecule has 0 aromatic heterocycles. The van der Waals surface area contributed by atoms with Crippen molar-refractivity contribution in [1.82, 2.24) is 14.5 Å². The lowest BCUT2D eigenvalue weighted by Crippen LogP contribution is -2.48. The monoisotopic (exact) mass is 451 g/mol. The third-order valence-electron chi connectivity index (χ3n) is 6.02. The number of rotatable bonds is 10. The molecule has 1 atom stereocenters. The second-order valence-electron chi connectivity index (χ2n) is 8.54. The van der Waals surface area contributed by atoms with Crippen LogP contribution in [0.2, 0.25) is 0 Å². The summed E-state index contributed by atoms with van der Waals surface area (Å²) in [7, 11) is -2.33. The van der Waals surface area contributed by atoms with E-state index in [1.54, 1.807) is 23.1 Å². The van der Waals surface area contributed by atoms with Crippen molar-refractivity contribution in [2.45, 2.75) is 64.2 Å². The summed E-state index contributed by atoms with van der Waals surface area (Å²) in [4.78, 5) is 27.1. The quantitative estimate of drug-likeness (QED) is 0.554. The van der Waals surface area contributed by atoms with E-state index in [2.05, 4.69) is 12.2 Å². The Bertz CT molecular complexity index is 870. The standard InChI is InChI=1S/C23H37N3O4S/c1-5-6-7-8-13-24-23(28)20-10-9-14-26(16-20)22(27)17-25(4)31(29,30)21-12-11-18(2)19(3)15-21/h11-12,15,20H,5-10,13-14,16-17H2,1-4H3,(H,24,28). The van der Waals surface area contributed by atoms with E-state index in [1.165, 1.54) is 13.5 Å². The highest BCUT2D eigenvalue weighted by atomic mass is 32.2. The largest absolute Gasteiger partial charge is 0.356 e. The molecule has 1 heterocycles. The third kappa shape index (κ3) is 7.04. The van der Waals surface area contributed by atoms with Gasteiger partial charge >= 0.3 is 0 Å². The van der Waals surface area contributed by atoms with Gasteiger partial charge < -0.3 is 10.2 Å². The number of unbranched alkanes of at least 4 members (excludes halogenated alkanes) is 3. The van der Waals surface area contributed by atoms with Gasteiger partial charge in [-0.15, -0.1) is 0 Å². The van der Waals surface area contributed by atoms with Crippen LogP contribution in [0.5, 0.6) is 0 Å². The van der Waals surface area contributed by atoms with E-state index in [-0.39, 0.29) is 29.2 Å². The zero-order valence-corrected chi connectivity index (χ0v) is 20.1. The fraction of sp³-hybridized carbons (Fsp3) is 0.652. The Morgan fingerprint density at radius 2 is 1.90 bits per heavy atom. The van der Waals surface area contributed by atoms with Crippen molar-refractivity contribution in [1.29, 1.82) is 0 Å². The molecule has 0 saturated carbocycles. The molecule has 174 valence electrons. The van der Waals surface area contributed by atoms with Gasteiger partial charge in [-0.3, -0.25) is 9.59 Å². The molecular formula is C23H37N3O4S. The number of amides is 2. The highest BCUT2D eigenvalue weighted by molar-refractivity contribution is 7.89. The average Bonchev–Trinajstić information content (AvgIpc) is 2.75. The first-order valence-electron chi connectivity index (χ1n) is 11.3. The van der Waals surface area contributed by atoms with E-state index in [4.69, 9.17) is 0 Å². The number of aryl methyl sites for hydroxylation is 2. The SMILES string of the molecule is CCCCCCNC(=O)C1CCCN(C(=O)CN(C)S(=O)(=O)c2ccc(C)c(C)c2)C1. The molecule has 1 N–H and O–H groups in total. The fourth-order valence-electron chi connectivity index (χ4n) is 3.76. The summed E-state index contributed by atoms with van der Waals surface area (Å²) in [6, 6.07) is 4.97. The zero-order valence-electron chi connectivity index (χ0n) is 19.3. The Kier molecular flexibility index (Phi) is 9.50. The molecule has 0 radical (unpaired) electrons. The molecule has 1 aromatic carbocycles. The lowest BCUT2D eigenvalue weighted by atomic mass is 9.97. The summed E-state index contributed by atoms with van der Waals surface area (Å²) in [5, 5.41) is 2.98. The van der Waals surface area contributed by atoms with Crippen molar-refractivity contribution in [2.24, 2.45) is 5.92 Å². The summed E-state index contributed by atoms with van der Waals surface area (Å²) in [5.74, 6) is -0.508. The zero-order chi connectivity index (χ0) is 23.0. The van der Waals surface area contributed by atoms with Crippen molar-refractivity contribution >= 4 is 21.8 Å². The Hall–Kier alpha value is -1.93. The summed E-state index contributed by atoms with van der Waals surface area (Å²) >= 11 is 0. The number of hydrogen-bond donors (Lipinski definition) is 1. The Labute approximate surface area is 187 Å². The van der Waals surface area contributed by atoms with Crippen LogP contribution in [-0.4, -0.2) is 62.7 Å². The van der Waals surface area contributed by atoms with Gasteiger partial charge in [-0.2, -0.15) is 4.31 Å². The Morgan fingerprint density at radius 3 is 2.58 bits per heavy atom. The summed E-state index contributed by atoms with van der Waals surface area (Å²) in [6.07, 6.45) is 5.89. The molecule has 2 amide bonds. The minimum Gasteiger partial charge on any atom is -0.356 e. The van der Waals surface area contributed by atoms with E-state index in [0.29, 0.717) is 19.6 Å². The van der Waals surface area contributed by atoms with Crippen molar-refractivity contribution in [3.8, 4) is 0 Å². The molecule has 1 fully saturated rings. The molecule has 0 spiro atoms. The van der Waals surface area contributed by atoms with Crippen molar-refractivity contribution in [3.05, 3.63) is 29.3 Å². The molecule has 7 nitrogen and oxygen atoms in total. The van der Waals surface area contributed by atoms with Gasteiger partial charge in [-0.05, 0) is 56.4 Å². The van der Waals surface area contributed by atoms with Gasteiger partial charge in [0.15, 0.2) is 0 Å². The number of likely N-dealkylation sites (N-methyl/N-ethyl adjacent to an activating group) is 1. The van der Waals surface area contributed by atoms with Crippen LogP contribution in [0.15, 0.2) is 23.1 Å². The molecular weight excluding hydrogens is 414 g/mol. The number of hydrogen-bond acceptors (Lipinski definition) is 4. The fourth-order valence-corrected chi connectivity index (χ4v) is 4.96. The van der Waals surface area contributed by atoms with Crippen molar-refractivity contribution in [2.75, 3.05) is 33.2 Å². The second kappa shape index (κ2) is 11.6. The number of nitrogens with one attached hydrogen (secondary N) is 1. The predicted octanol–water partition coefficient (Wildman–Crippen LogP) is 2.86. The molecule has 0 aliphatic carbocycles. The molecule has 1 saturated heterocycles. The van der Waals surface area contributed by atoms with Gasteiger partial charge in [0, 0.05) is 26.7 Å². The predicted molar refractivity (Wildman–Crippen MR) is 122 cm³/mol. The third-order valence-corrected chi connectivity index (χ3v) is 7.82. The molecule has 1 aliphatic heterocycles. The maximum Gasteiger partial charge on any atom is 0.243 e. The first-order chi connectivity index (χ1) is 14.7. The van der Waals surface area contributed by atoms with Crippen LogP contribution in [-0.2, 0) is 19.6 Å². The van der Waals surface area contributed by atoms with Gasteiger partial charge in [0.25, 0.3) is 0 Å². The smallest absolute Gasteiger partial charge is 0.243 e. The normalized spacial score (nSPS) is 17.1. The van der Waals surface area contributed by atoms with E-state index in [1.807, 2.05) is 13.8 Å². The van der Waals surface area contributed by atoms with E-state index >= 15 is 0 Å². The number of nitrogens with zero attached hydrogens (tertiary/aromatic N) is 2. The molecule has 8 heteroatoms. The Morgan fingerprint density at radius 1 is 1.16 bits per heavy atom. The van der Waals surface area contributed by atoms with Gasteiger partial charge in [0.1, 0.15) is 0 Å². The van der Waals surface area contributed by atoms with Crippen LogP contribution in [0.25, 0.3) is 0 Å². The topological polar surface area (TPSA) is 86.8 Å². The van der Waals surface area contributed by atoms with E-state index < -0.39 is 10.0 Å². The molecule has 2 rings (SSSR count). The summed E-state index contributed by atoms with van der Waals surface area (Å²) in [6.45, 7) is 7.26. The van der Waals surface area contributed by atoms with Crippen LogP contribution in [0, 0.1) is 19.8 Å². The number of carbonyl (C=O) groups is 2. The van der Waals surface area contributed by atoms with Gasteiger partial charge in [0.2, 0.25) is 21.8 Å². The van der Waals surface area contributed by atoms with Crippen molar-refractivity contribution < 1.29 is 18.0 Å². The van der Waals surface area contributed by atoms with Crippen LogP contribution in [0.1, 0.15) is 56.6 Å². The Balaban J connectivity index is 1.91. The minimum atomic E-state index is -3.76. The van der Waals surface area contributed by atoms with Gasteiger partial charge in [-0.25, -0.2) is 8.42 Å². The van der Waals surface area contributed by atoms with Crippen LogP contribution in [0.3, 0.4) is 0 Å². The van der Waals surface area contributed by atoms with Crippen LogP contribution >= 0.6 is 0 Å². The first-order valence-corrected chi connectivity index (χ1v) is 12.7. The first kappa shape index (κ1) is 25.3. The summed E-state index contributed by atoms with van der Waals surface area (Å²) < 4.78 is 26.8. The van der Waals surface area contributed by atoms with Crippen LogP contribution in [0.4, 0.5) is 0 Å². The maximum absolute atomic E-state index is 12.9. The average molecular weight is 452 g/mol. The van der Waals surface area contributed by atoms with E-state index in [9.17, 15) is 18.0 Å². The molecule has 1 aromatic rings. The number of sulfonamides is 1. The maximum atomic E-state index is 12.9. The number of benzene rings is 1. The van der Waals surface area contributed by atoms with Gasteiger partial charge in [0.05, 0.1) is 17.4 Å². The minimum absolute atomic E-state index is 0.00916. The van der Waals surface area contributed by atoms with Crippen molar-refractivity contribution in [3.63, 3.8) is 0 Å². The lowest BCUT2D eigenvalue weighted by molar-refractivity contribution is -0.135.